The first-order valence-electron chi connectivity index (χ1n) is 9.54. The highest BCUT2D eigenvalue weighted by molar-refractivity contribution is 5.96. The van der Waals surface area contributed by atoms with Crippen molar-refractivity contribution >= 4 is 11.8 Å². The van der Waals surface area contributed by atoms with E-state index in [0.717, 1.165) is 0 Å². The molecule has 0 unspecified atom stereocenters. The van der Waals surface area contributed by atoms with Gasteiger partial charge in [-0.2, -0.15) is 0 Å². The van der Waals surface area contributed by atoms with E-state index in [0.29, 0.717) is 30.8 Å². The molecule has 0 bridgehead atoms. The summed E-state index contributed by atoms with van der Waals surface area (Å²) in [6, 6.07) is 0. The molecular formula is C21H30O6. The summed E-state index contributed by atoms with van der Waals surface area (Å²) in [5.74, 6) is -1.08. The van der Waals surface area contributed by atoms with Crippen LogP contribution in [0.1, 0.15) is 60.3 Å². The number of Topliss-reactive ketones (excluding diaryl/α,β-unsaturated/α-hetero) is 1. The van der Waals surface area contributed by atoms with Gasteiger partial charge in [0.25, 0.3) is 5.95 Å². The van der Waals surface area contributed by atoms with Crippen molar-refractivity contribution in [2.45, 2.75) is 77.6 Å². The van der Waals surface area contributed by atoms with Crippen molar-refractivity contribution in [3.63, 3.8) is 0 Å². The van der Waals surface area contributed by atoms with Crippen LogP contribution in [-0.2, 0) is 19.1 Å². The first-order valence-corrected chi connectivity index (χ1v) is 9.54. The molecule has 0 radical (unpaired) electrons. The zero-order chi connectivity index (χ0) is 20.4. The Hall–Kier alpha value is -1.82. The average Bonchev–Trinajstić information content (AvgIpc) is 2.57. The lowest BCUT2D eigenvalue weighted by molar-refractivity contribution is -0.252. The van der Waals surface area contributed by atoms with E-state index < -0.39 is 28.0 Å². The third-order valence-electron chi connectivity index (χ3n) is 7.43. The fourth-order valence-electron chi connectivity index (χ4n) is 5.31. The number of ether oxygens (including phenoxy) is 2. The lowest BCUT2D eigenvalue weighted by Crippen LogP contribution is -2.69. The fraction of sp³-hybridized carbons (Fsp3) is 0.714. The molecule has 0 aromatic heterocycles. The number of hydrogen-bond acceptors (Lipinski definition) is 5. The maximum atomic E-state index is 12.6. The number of hydrogen-bond donors (Lipinski definition) is 2. The molecule has 2 heterocycles. The highest BCUT2D eigenvalue weighted by atomic mass is 16.7. The molecule has 2 N–H and O–H groups in total. The van der Waals surface area contributed by atoms with Crippen LogP contribution in [0.2, 0.25) is 0 Å². The molecule has 3 rings (SSSR count). The van der Waals surface area contributed by atoms with Gasteiger partial charge in [-0.15, -0.1) is 6.58 Å². The Kier molecular flexibility index (Phi) is 4.31. The van der Waals surface area contributed by atoms with Crippen LogP contribution in [-0.4, -0.2) is 39.3 Å². The van der Waals surface area contributed by atoms with E-state index in [1.807, 2.05) is 20.8 Å². The first kappa shape index (κ1) is 19.9. The van der Waals surface area contributed by atoms with Crippen LogP contribution in [0.5, 0.6) is 0 Å². The molecule has 27 heavy (non-hydrogen) atoms. The quantitative estimate of drug-likeness (QED) is 0.733. The number of carboxylic acid groups (broad SMARTS) is 1. The number of aliphatic carboxylic acids is 1. The fourth-order valence-corrected chi connectivity index (χ4v) is 5.31. The second-order valence-corrected chi connectivity index (χ2v) is 9.27. The van der Waals surface area contributed by atoms with Gasteiger partial charge >= 0.3 is 5.97 Å². The van der Waals surface area contributed by atoms with Gasteiger partial charge in [-0.1, -0.05) is 13.0 Å². The molecule has 6 nitrogen and oxygen atoms in total. The van der Waals surface area contributed by atoms with Gasteiger partial charge in [-0.25, -0.2) is 0 Å². The summed E-state index contributed by atoms with van der Waals surface area (Å²) in [5.41, 5.74) is -4.08. The van der Waals surface area contributed by atoms with Crippen molar-refractivity contribution in [3.8, 4) is 0 Å². The van der Waals surface area contributed by atoms with Crippen molar-refractivity contribution in [3.05, 3.63) is 24.2 Å². The van der Waals surface area contributed by atoms with Crippen molar-refractivity contribution in [1.82, 2.24) is 0 Å². The van der Waals surface area contributed by atoms with Crippen LogP contribution < -0.4 is 0 Å². The zero-order valence-electron chi connectivity index (χ0n) is 16.8. The summed E-state index contributed by atoms with van der Waals surface area (Å²) in [4.78, 5) is 24.6. The summed E-state index contributed by atoms with van der Waals surface area (Å²) < 4.78 is 12.0. The number of carboxylic acids is 1. The Bertz CT molecular complexity index is 737. The van der Waals surface area contributed by atoms with E-state index in [9.17, 15) is 19.8 Å². The van der Waals surface area contributed by atoms with Crippen LogP contribution >= 0.6 is 0 Å². The predicted octanol–water partition coefficient (Wildman–Crippen LogP) is 3.20. The Morgan fingerprint density at radius 2 is 1.93 bits per heavy atom. The third-order valence-corrected chi connectivity index (χ3v) is 7.43. The van der Waals surface area contributed by atoms with Crippen molar-refractivity contribution in [2.75, 3.05) is 0 Å². The SMILES string of the molecule is C=C[C@]1(C)[C@@H]2CC3=C(O[C@H](C)CC3=O)O[C@]2(C)CC[C@]1(O)C(C)(C)C(=O)O. The van der Waals surface area contributed by atoms with Gasteiger partial charge in [0.1, 0.15) is 11.7 Å². The normalized spacial score (nSPS) is 41.8. The lowest BCUT2D eigenvalue weighted by atomic mass is 9.46. The maximum Gasteiger partial charge on any atom is 0.312 e. The van der Waals surface area contributed by atoms with Crippen LogP contribution in [0.25, 0.3) is 0 Å². The number of carbonyl (C=O) groups is 2. The topological polar surface area (TPSA) is 93.1 Å². The van der Waals surface area contributed by atoms with Gasteiger partial charge in [0.2, 0.25) is 0 Å². The first-order chi connectivity index (χ1) is 12.3. The molecule has 0 spiro atoms. The molecule has 5 atom stereocenters. The minimum absolute atomic E-state index is 0.0104. The molecule has 0 aromatic carbocycles. The van der Waals surface area contributed by atoms with E-state index in [4.69, 9.17) is 9.47 Å². The predicted molar refractivity (Wildman–Crippen MR) is 98.7 cm³/mol. The van der Waals surface area contributed by atoms with Gasteiger partial charge in [0, 0.05) is 17.8 Å². The van der Waals surface area contributed by atoms with Gasteiger partial charge in [0.15, 0.2) is 5.78 Å². The van der Waals surface area contributed by atoms with E-state index in [1.54, 1.807) is 19.9 Å². The van der Waals surface area contributed by atoms with E-state index >= 15 is 0 Å². The monoisotopic (exact) mass is 378 g/mol. The van der Waals surface area contributed by atoms with Crippen molar-refractivity contribution in [1.29, 1.82) is 0 Å². The number of ketones is 1. The van der Waals surface area contributed by atoms with Gasteiger partial charge in [-0.05, 0) is 47.0 Å². The molecule has 3 aliphatic rings. The Morgan fingerprint density at radius 3 is 2.48 bits per heavy atom. The third kappa shape index (κ3) is 2.49. The molecule has 0 aromatic rings. The molecule has 0 saturated heterocycles. The van der Waals surface area contributed by atoms with Crippen molar-refractivity contribution < 1.29 is 29.3 Å². The second-order valence-electron chi connectivity index (χ2n) is 9.27. The van der Waals surface area contributed by atoms with Crippen LogP contribution in [0, 0.1) is 16.7 Å². The molecule has 6 heteroatoms. The van der Waals surface area contributed by atoms with Crippen molar-refractivity contribution in [2.24, 2.45) is 16.7 Å². The minimum Gasteiger partial charge on any atom is -0.481 e. The lowest BCUT2D eigenvalue weighted by Gasteiger charge is -2.63. The zero-order valence-corrected chi connectivity index (χ0v) is 16.8. The Labute approximate surface area is 160 Å². The largest absolute Gasteiger partial charge is 0.481 e. The van der Waals surface area contributed by atoms with E-state index in [2.05, 4.69) is 6.58 Å². The highest BCUT2D eigenvalue weighted by Gasteiger charge is 2.68. The van der Waals surface area contributed by atoms with E-state index in [1.165, 1.54) is 0 Å². The number of carbonyl (C=O) groups excluding carboxylic acids is 1. The smallest absolute Gasteiger partial charge is 0.312 e. The molecule has 0 amide bonds. The summed E-state index contributed by atoms with van der Waals surface area (Å²) in [5, 5.41) is 21.5. The Balaban J connectivity index is 2.12. The van der Waals surface area contributed by atoms with E-state index in [-0.39, 0.29) is 24.2 Å². The Morgan fingerprint density at radius 1 is 1.30 bits per heavy atom. The summed E-state index contributed by atoms with van der Waals surface area (Å²) in [6.07, 6.45) is 2.78. The van der Waals surface area contributed by atoms with Crippen LogP contribution in [0.3, 0.4) is 0 Å². The summed E-state index contributed by atoms with van der Waals surface area (Å²) >= 11 is 0. The second kappa shape index (κ2) is 5.84. The molecule has 150 valence electrons. The molecule has 1 fully saturated rings. The maximum absolute atomic E-state index is 12.6. The molecule has 1 aliphatic carbocycles. The minimum atomic E-state index is -1.54. The number of aliphatic hydroxyl groups is 1. The summed E-state index contributed by atoms with van der Waals surface area (Å²) in [6.45, 7) is 12.6. The number of allylic oxidation sites excluding steroid dienone is 1. The summed E-state index contributed by atoms with van der Waals surface area (Å²) in [7, 11) is 0. The highest BCUT2D eigenvalue weighted by Crippen LogP contribution is 2.63. The standard InChI is InChI=1S/C21H30O6/c1-7-19(5)15-11-13-14(22)10-12(2)26-16(13)27-20(15,6)8-9-21(19,25)18(3,4)17(23)24/h7,12,15,25H,1,8-11H2,2-6H3,(H,23,24)/t12-,15+,19-,20-,21+/m1/s1. The van der Waals surface area contributed by atoms with Crippen LogP contribution in [0.15, 0.2) is 24.2 Å². The molecule has 1 saturated carbocycles. The van der Waals surface area contributed by atoms with Gasteiger partial charge in [0.05, 0.1) is 16.6 Å². The van der Waals surface area contributed by atoms with Gasteiger partial charge < -0.3 is 19.7 Å². The molecular weight excluding hydrogens is 348 g/mol. The van der Waals surface area contributed by atoms with Gasteiger partial charge in [-0.3, -0.25) is 9.59 Å². The molecule has 2 aliphatic heterocycles. The number of rotatable bonds is 3. The van der Waals surface area contributed by atoms with Crippen LogP contribution in [0.4, 0.5) is 0 Å². The number of fused-ring (bicyclic) bond motifs is 1. The average molecular weight is 378 g/mol.